The molecule has 2 aliphatic carbocycles. The first kappa shape index (κ1) is 11.9. The highest BCUT2D eigenvalue weighted by Gasteiger charge is 2.29. The third kappa shape index (κ3) is 2.64. The first-order valence-electron chi connectivity index (χ1n) is 7.10. The smallest absolute Gasteiger partial charge is 0.225 e. The Kier molecular flexibility index (Phi) is 3.20. The topological polar surface area (TPSA) is 41.1 Å². The molecule has 0 aromatic carbocycles. The second-order valence-electron chi connectivity index (χ2n) is 5.45. The summed E-state index contributed by atoms with van der Waals surface area (Å²) in [5.41, 5.74) is 2.35. The number of nitrogens with one attached hydrogen (secondary N) is 1. The van der Waals surface area contributed by atoms with Gasteiger partial charge in [-0.15, -0.1) is 0 Å². The zero-order chi connectivity index (χ0) is 12.5. The number of nitrogens with zero attached hydrogens (tertiary/aromatic N) is 3. The summed E-state index contributed by atoms with van der Waals surface area (Å²) in [5, 5.41) is 3.52. The molecule has 4 nitrogen and oxygen atoms in total. The van der Waals surface area contributed by atoms with Gasteiger partial charge >= 0.3 is 0 Å². The van der Waals surface area contributed by atoms with E-state index in [-0.39, 0.29) is 0 Å². The van der Waals surface area contributed by atoms with Crippen LogP contribution in [-0.2, 0) is 6.54 Å². The van der Waals surface area contributed by atoms with Gasteiger partial charge in [0.1, 0.15) is 0 Å². The molecule has 2 aliphatic rings. The van der Waals surface area contributed by atoms with Gasteiger partial charge in [-0.1, -0.05) is 0 Å². The van der Waals surface area contributed by atoms with Crippen molar-refractivity contribution in [1.29, 1.82) is 0 Å². The van der Waals surface area contributed by atoms with E-state index < -0.39 is 0 Å². The molecule has 2 saturated carbocycles. The van der Waals surface area contributed by atoms with Crippen molar-refractivity contribution in [3.8, 4) is 0 Å². The van der Waals surface area contributed by atoms with Crippen LogP contribution >= 0.6 is 0 Å². The molecule has 18 heavy (non-hydrogen) atoms. The van der Waals surface area contributed by atoms with Crippen LogP contribution in [-0.4, -0.2) is 28.6 Å². The molecule has 0 aliphatic heterocycles. The Morgan fingerprint density at radius 1 is 1.33 bits per heavy atom. The molecule has 4 heteroatoms. The molecular weight excluding hydrogens is 224 g/mol. The maximum atomic E-state index is 4.68. The van der Waals surface area contributed by atoms with E-state index in [1.807, 2.05) is 6.20 Å². The lowest BCUT2D eigenvalue weighted by Gasteiger charge is -2.21. The van der Waals surface area contributed by atoms with E-state index in [1.165, 1.54) is 31.2 Å². The predicted octanol–water partition coefficient (Wildman–Crippen LogP) is 2.03. The Labute approximate surface area is 109 Å². The van der Waals surface area contributed by atoms with Crippen LogP contribution in [0, 0.1) is 6.92 Å². The maximum Gasteiger partial charge on any atom is 0.225 e. The SMILES string of the molecule is CCN(c1ncc(CNC2CC2)c(C)n1)C1CC1. The first-order valence-corrected chi connectivity index (χ1v) is 7.10. The van der Waals surface area contributed by atoms with Crippen LogP contribution < -0.4 is 10.2 Å². The van der Waals surface area contributed by atoms with Crippen molar-refractivity contribution in [3.05, 3.63) is 17.5 Å². The number of hydrogen-bond acceptors (Lipinski definition) is 4. The van der Waals surface area contributed by atoms with Crippen molar-refractivity contribution >= 4 is 5.95 Å². The largest absolute Gasteiger partial charge is 0.338 e. The normalized spacial score (nSPS) is 19.0. The molecule has 1 heterocycles. The second kappa shape index (κ2) is 4.84. The minimum absolute atomic E-state index is 0.685. The van der Waals surface area contributed by atoms with Crippen LogP contribution in [0.2, 0.25) is 0 Å². The minimum Gasteiger partial charge on any atom is -0.338 e. The number of anilines is 1. The predicted molar refractivity (Wildman–Crippen MR) is 72.7 cm³/mol. The molecule has 1 aromatic heterocycles. The molecule has 0 saturated heterocycles. The molecule has 1 N–H and O–H groups in total. The summed E-state index contributed by atoms with van der Waals surface area (Å²) in [6, 6.07) is 1.42. The molecule has 0 radical (unpaired) electrons. The van der Waals surface area contributed by atoms with E-state index in [0.29, 0.717) is 6.04 Å². The monoisotopic (exact) mass is 246 g/mol. The third-order valence-corrected chi connectivity index (χ3v) is 3.81. The average Bonchev–Trinajstić information content (AvgIpc) is 3.23. The van der Waals surface area contributed by atoms with Gasteiger partial charge in [-0.05, 0) is 39.5 Å². The Bertz CT molecular complexity index is 424. The van der Waals surface area contributed by atoms with E-state index in [9.17, 15) is 0 Å². The fourth-order valence-electron chi connectivity index (χ4n) is 2.28. The van der Waals surface area contributed by atoms with Crippen molar-refractivity contribution in [2.75, 3.05) is 11.4 Å². The minimum atomic E-state index is 0.685. The zero-order valence-electron chi connectivity index (χ0n) is 11.3. The van der Waals surface area contributed by atoms with Crippen LogP contribution in [0.4, 0.5) is 5.95 Å². The van der Waals surface area contributed by atoms with Crippen LogP contribution in [0.1, 0.15) is 43.9 Å². The molecular formula is C14H22N4. The summed E-state index contributed by atoms with van der Waals surface area (Å²) >= 11 is 0. The van der Waals surface area contributed by atoms with Crippen molar-refractivity contribution < 1.29 is 0 Å². The summed E-state index contributed by atoms with van der Waals surface area (Å²) in [6.45, 7) is 6.19. The molecule has 0 unspecified atom stereocenters. The molecule has 2 fully saturated rings. The van der Waals surface area contributed by atoms with E-state index in [0.717, 1.165) is 30.8 Å². The Morgan fingerprint density at radius 2 is 2.11 bits per heavy atom. The van der Waals surface area contributed by atoms with Crippen LogP contribution in [0.3, 0.4) is 0 Å². The first-order chi connectivity index (χ1) is 8.78. The van der Waals surface area contributed by atoms with E-state index in [1.54, 1.807) is 0 Å². The molecule has 0 spiro atoms. The van der Waals surface area contributed by atoms with Gasteiger partial charge in [0.15, 0.2) is 0 Å². The van der Waals surface area contributed by atoms with Crippen molar-refractivity contribution in [1.82, 2.24) is 15.3 Å². The molecule has 0 amide bonds. The summed E-state index contributed by atoms with van der Waals surface area (Å²) in [7, 11) is 0. The highest BCUT2D eigenvalue weighted by molar-refractivity contribution is 5.36. The zero-order valence-corrected chi connectivity index (χ0v) is 11.3. The Morgan fingerprint density at radius 3 is 2.67 bits per heavy atom. The highest BCUT2D eigenvalue weighted by atomic mass is 15.3. The lowest BCUT2D eigenvalue weighted by Crippen LogP contribution is -2.27. The van der Waals surface area contributed by atoms with Gasteiger partial charge < -0.3 is 10.2 Å². The third-order valence-electron chi connectivity index (χ3n) is 3.81. The van der Waals surface area contributed by atoms with Gasteiger partial charge in [-0.3, -0.25) is 0 Å². The van der Waals surface area contributed by atoms with Gasteiger partial charge in [0, 0.05) is 42.6 Å². The molecule has 0 bridgehead atoms. The lowest BCUT2D eigenvalue weighted by molar-refractivity contribution is 0.677. The average molecular weight is 246 g/mol. The van der Waals surface area contributed by atoms with Crippen molar-refractivity contribution in [2.24, 2.45) is 0 Å². The number of rotatable bonds is 6. The molecule has 0 atom stereocenters. The molecule has 98 valence electrons. The van der Waals surface area contributed by atoms with Gasteiger partial charge in [-0.25, -0.2) is 9.97 Å². The van der Waals surface area contributed by atoms with Crippen LogP contribution in [0.5, 0.6) is 0 Å². The lowest BCUT2D eigenvalue weighted by atomic mass is 10.2. The van der Waals surface area contributed by atoms with E-state index >= 15 is 0 Å². The summed E-state index contributed by atoms with van der Waals surface area (Å²) in [6.07, 6.45) is 7.23. The van der Waals surface area contributed by atoms with Gasteiger partial charge in [0.25, 0.3) is 0 Å². The Hall–Kier alpha value is -1.16. The number of aromatic nitrogens is 2. The molecule has 3 rings (SSSR count). The van der Waals surface area contributed by atoms with Gasteiger partial charge in [0.05, 0.1) is 0 Å². The summed E-state index contributed by atoms with van der Waals surface area (Å²) in [5.74, 6) is 0.910. The van der Waals surface area contributed by atoms with E-state index in [2.05, 4.69) is 34.0 Å². The van der Waals surface area contributed by atoms with Gasteiger partial charge in [0.2, 0.25) is 5.95 Å². The number of hydrogen-bond donors (Lipinski definition) is 1. The maximum absolute atomic E-state index is 4.68. The van der Waals surface area contributed by atoms with E-state index in [4.69, 9.17) is 0 Å². The summed E-state index contributed by atoms with van der Waals surface area (Å²) < 4.78 is 0. The van der Waals surface area contributed by atoms with Gasteiger partial charge in [-0.2, -0.15) is 0 Å². The number of aryl methyl sites for hydroxylation is 1. The fourth-order valence-corrected chi connectivity index (χ4v) is 2.28. The molecule has 1 aromatic rings. The fraction of sp³-hybridized carbons (Fsp3) is 0.714. The van der Waals surface area contributed by atoms with Crippen LogP contribution in [0.15, 0.2) is 6.20 Å². The quantitative estimate of drug-likeness (QED) is 0.834. The summed E-state index contributed by atoms with van der Waals surface area (Å²) in [4.78, 5) is 11.5. The Balaban J connectivity index is 1.70. The second-order valence-corrected chi connectivity index (χ2v) is 5.45. The standard InChI is InChI=1S/C14H22N4/c1-3-18(13-6-7-13)14-16-9-11(10(2)17-14)8-15-12-4-5-12/h9,12-13,15H,3-8H2,1-2H3. The van der Waals surface area contributed by atoms with Crippen molar-refractivity contribution in [2.45, 2.75) is 58.2 Å². The van der Waals surface area contributed by atoms with Crippen molar-refractivity contribution in [3.63, 3.8) is 0 Å². The van der Waals surface area contributed by atoms with Crippen LogP contribution in [0.25, 0.3) is 0 Å². The highest BCUT2D eigenvalue weighted by Crippen LogP contribution is 2.29.